The largest absolute Gasteiger partial charge is 0.516 e. The quantitative estimate of drug-likeness (QED) is 0.763. The lowest BCUT2D eigenvalue weighted by atomic mass is 9.99. The number of nitrogens with zero attached hydrogens (tertiary/aromatic N) is 1. The molecule has 0 aromatic rings. The summed E-state index contributed by atoms with van der Waals surface area (Å²) >= 11 is 0. The van der Waals surface area contributed by atoms with Gasteiger partial charge >= 0.3 is 0 Å². The van der Waals surface area contributed by atoms with Gasteiger partial charge in [0.15, 0.2) is 0 Å². The van der Waals surface area contributed by atoms with E-state index in [1.165, 1.54) is 44.8 Å². The van der Waals surface area contributed by atoms with E-state index in [1.807, 2.05) is 6.92 Å². The van der Waals surface area contributed by atoms with E-state index in [0.29, 0.717) is 18.2 Å². The van der Waals surface area contributed by atoms with Gasteiger partial charge in [-0.3, -0.25) is 4.90 Å². The van der Waals surface area contributed by atoms with Crippen molar-refractivity contribution < 1.29 is 9.84 Å². The maximum absolute atomic E-state index is 9.05. The smallest absolute Gasteiger partial charge is 0.0793 e. The highest BCUT2D eigenvalue weighted by molar-refractivity contribution is 5.03. The number of aliphatic hydroxyl groups is 1. The van der Waals surface area contributed by atoms with Crippen LogP contribution in [0.5, 0.6) is 0 Å². The zero-order chi connectivity index (χ0) is 12.5. The second kappa shape index (κ2) is 5.22. The summed E-state index contributed by atoms with van der Waals surface area (Å²) in [4.78, 5) is 2.58. The molecule has 2 saturated heterocycles. The van der Waals surface area contributed by atoms with Crippen LogP contribution in [0.15, 0.2) is 11.8 Å². The van der Waals surface area contributed by atoms with Crippen LogP contribution >= 0.6 is 0 Å². The van der Waals surface area contributed by atoms with Crippen molar-refractivity contribution in [3.63, 3.8) is 0 Å². The van der Waals surface area contributed by atoms with Crippen molar-refractivity contribution in [2.24, 2.45) is 5.92 Å². The van der Waals surface area contributed by atoms with Crippen LogP contribution in [0, 0.1) is 5.92 Å². The predicted octanol–water partition coefficient (Wildman–Crippen LogP) is 2.87. The van der Waals surface area contributed by atoms with E-state index in [1.54, 1.807) is 0 Å². The first kappa shape index (κ1) is 12.5. The van der Waals surface area contributed by atoms with Gasteiger partial charge in [-0.2, -0.15) is 0 Å². The predicted molar refractivity (Wildman–Crippen MR) is 71.6 cm³/mol. The average molecular weight is 251 g/mol. The molecule has 1 aliphatic carbocycles. The lowest BCUT2D eigenvalue weighted by molar-refractivity contribution is -0.0213. The zero-order valence-corrected chi connectivity index (χ0v) is 11.3. The summed E-state index contributed by atoms with van der Waals surface area (Å²) in [7, 11) is 0. The van der Waals surface area contributed by atoms with Crippen molar-refractivity contribution in [1.29, 1.82) is 0 Å². The van der Waals surface area contributed by atoms with E-state index >= 15 is 0 Å². The Bertz CT molecular complexity index is 310. The maximum Gasteiger partial charge on any atom is 0.0793 e. The lowest BCUT2D eigenvalue weighted by Gasteiger charge is -2.39. The Morgan fingerprint density at radius 2 is 1.89 bits per heavy atom. The van der Waals surface area contributed by atoms with Crippen molar-refractivity contribution in [3.8, 4) is 0 Å². The molecule has 0 aromatic carbocycles. The Hall–Kier alpha value is -0.540. The molecule has 0 radical (unpaired) electrons. The molecule has 3 nitrogen and oxygen atoms in total. The third kappa shape index (κ3) is 2.72. The molecule has 0 aromatic heterocycles. The minimum atomic E-state index is 0.498. The molecular formula is C15H25NO2. The molecule has 0 amide bonds. The van der Waals surface area contributed by atoms with E-state index < -0.39 is 0 Å². The second-order valence-electron chi connectivity index (χ2n) is 6.40. The summed E-state index contributed by atoms with van der Waals surface area (Å²) in [6.07, 6.45) is 9.54. The van der Waals surface area contributed by atoms with Crippen LogP contribution in [0.2, 0.25) is 0 Å². The number of hydrogen-bond donors (Lipinski definition) is 1. The molecule has 2 bridgehead atoms. The van der Waals surface area contributed by atoms with Crippen molar-refractivity contribution in [1.82, 2.24) is 4.90 Å². The van der Waals surface area contributed by atoms with Gasteiger partial charge in [-0.1, -0.05) is 0 Å². The number of piperidine rings is 1. The Kier molecular flexibility index (Phi) is 3.62. The van der Waals surface area contributed by atoms with Crippen molar-refractivity contribution >= 4 is 0 Å². The van der Waals surface area contributed by atoms with Crippen LogP contribution in [0.3, 0.4) is 0 Å². The van der Waals surface area contributed by atoms with Gasteiger partial charge < -0.3 is 9.84 Å². The number of fused-ring (bicyclic) bond motifs is 2. The van der Waals surface area contributed by atoms with Crippen LogP contribution in [-0.4, -0.2) is 41.3 Å². The van der Waals surface area contributed by atoms with Gasteiger partial charge in [0.2, 0.25) is 0 Å². The van der Waals surface area contributed by atoms with Gasteiger partial charge in [0, 0.05) is 25.2 Å². The highest BCUT2D eigenvalue weighted by atomic mass is 16.5. The molecule has 0 spiro atoms. The monoisotopic (exact) mass is 251 g/mol. The second-order valence-corrected chi connectivity index (χ2v) is 6.40. The van der Waals surface area contributed by atoms with Crippen LogP contribution in [-0.2, 0) is 4.74 Å². The molecule has 18 heavy (non-hydrogen) atoms. The summed E-state index contributed by atoms with van der Waals surface area (Å²) in [6.45, 7) is 3.94. The molecule has 1 N–H and O–H groups in total. The Morgan fingerprint density at radius 1 is 1.22 bits per heavy atom. The standard InChI is InChI=1S/C15H25NO2/c1-11(9-17)8-16-13-4-5-14(16)7-15(6-13)18-10-12-2-3-12/h9,12-15,17H,2-8,10H2,1H3/b11-9+/t13-,14+,15+. The summed E-state index contributed by atoms with van der Waals surface area (Å²) in [5.41, 5.74) is 1.07. The van der Waals surface area contributed by atoms with Crippen molar-refractivity contribution in [2.45, 2.75) is 63.6 Å². The molecule has 3 aliphatic rings. The van der Waals surface area contributed by atoms with Crippen LogP contribution < -0.4 is 0 Å². The third-order valence-corrected chi connectivity index (χ3v) is 4.76. The number of aliphatic hydroxyl groups excluding tert-OH is 1. The fourth-order valence-corrected chi connectivity index (χ4v) is 3.50. The fraction of sp³-hybridized carbons (Fsp3) is 0.867. The third-order valence-electron chi connectivity index (χ3n) is 4.76. The highest BCUT2D eigenvalue weighted by Gasteiger charge is 2.41. The van der Waals surface area contributed by atoms with Gasteiger partial charge in [0.05, 0.1) is 12.4 Å². The summed E-state index contributed by atoms with van der Waals surface area (Å²) in [5.74, 6) is 0.875. The van der Waals surface area contributed by atoms with E-state index in [-0.39, 0.29) is 0 Å². The van der Waals surface area contributed by atoms with Crippen LogP contribution in [0.1, 0.15) is 45.4 Å². The van der Waals surface area contributed by atoms with Gasteiger partial charge in [0.25, 0.3) is 0 Å². The van der Waals surface area contributed by atoms with E-state index in [2.05, 4.69) is 4.90 Å². The molecule has 3 rings (SSSR count). The normalized spacial score (nSPS) is 37.2. The summed E-state index contributed by atoms with van der Waals surface area (Å²) in [6, 6.07) is 1.37. The van der Waals surface area contributed by atoms with Gasteiger partial charge in [0.1, 0.15) is 0 Å². The number of ether oxygens (including phenoxy) is 1. The SMILES string of the molecule is C/C(=C\O)CN1[C@@H]2CC[C@H]1C[C@@H](OCC1CC1)C2. The molecule has 0 unspecified atom stereocenters. The maximum atomic E-state index is 9.05. The molecular weight excluding hydrogens is 226 g/mol. The number of rotatable bonds is 5. The van der Waals surface area contributed by atoms with Crippen LogP contribution in [0.4, 0.5) is 0 Å². The molecule has 102 valence electrons. The van der Waals surface area contributed by atoms with E-state index in [9.17, 15) is 0 Å². The lowest BCUT2D eigenvalue weighted by Crippen LogP contribution is -2.46. The molecule has 3 heteroatoms. The van der Waals surface area contributed by atoms with E-state index in [4.69, 9.17) is 9.84 Å². The first-order chi connectivity index (χ1) is 8.76. The summed E-state index contributed by atoms with van der Waals surface area (Å²) < 4.78 is 6.08. The topological polar surface area (TPSA) is 32.7 Å². The fourth-order valence-electron chi connectivity index (χ4n) is 3.50. The molecule has 3 atom stereocenters. The van der Waals surface area contributed by atoms with Gasteiger partial charge in [-0.25, -0.2) is 0 Å². The minimum Gasteiger partial charge on any atom is -0.516 e. The Morgan fingerprint density at radius 3 is 2.44 bits per heavy atom. The van der Waals surface area contributed by atoms with Crippen LogP contribution in [0.25, 0.3) is 0 Å². The van der Waals surface area contributed by atoms with E-state index in [0.717, 1.165) is 24.6 Å². The zero-order valence-electron chi connectivity index (χ0n) is 11.3. The van der Waals surface area contributed by atoms with Crippen molar-refractivity contribution in [3.05, 3.63) is 11.8 Å². The van der Waals surface area contributed by atoms with Crippen molar-refractivity contribution in [2.75, 3.05) is 13.2 Å². The van der Waals surface area contributed by atoms with Gasteiger partial charge in [-0.15, -0.1) is 0 Å². The molecule has 1 saturated carbocycles. The Balaban J connectivity index is 1.52. The number of hydrogen-bond acceptors (Lipinski definition) is 3. The molecule has 3 fully saturated rings. The molecule has 2 aliphatic heterocycles. The Labute approximate surface area is 110 Å². The first-order valence-electron chi connectivity index (χ1n) is 7.43. The average Bonchev–Trinajstić information content (AvgIpc) is 3.16. The molecule has 2 heterocycles. The van der Waals surface area contributed by atoms with Gasteiger partial charge in [-0.05, 0) is 56.9 Å². The minimum absolute atomic E-state index is 0.498. The first-order valence-corrected chi connectivity index (χ1v) is 7.43. The summed E-state index contributed by atoms with van der Waals surface area (Å²) in [5, 5.41) is 9.05. The highest BCUT2D eigenvalue weighted by Crippen LogP contribution is 2.38.